The number of benzene rings is 2. The highest BCUT2D eigenvalue weighted by molar-refractivity contribution is 5.94. The van der Waals surface area contributed by atoms with Crippen LogP contribution in [0.1, 0.15) is 47.2 Å². The number of amides is 1. The molecule has 1 amide bonds. The molecular formula is C25H32N2O2. The fraction of sp³-hybridized carbons (Fsp3) is 0.480. The van der Waals surface area contributed by atoms with Crippen molar-refractivity contribution in [2.75, 3.05) is 26.2 Å². The van der Waals surface area contributed by atoms with E-state index in [4.69, 9.17) is 4.74 Å². The van der Waals surface area contributed by atoms with Gasteiger partial charge in [-0.05, 0) is 50.3 Å². The molecule has 2 aromatic carbocycles. The van der Waals surface area contributed by atoms with Crippen LogP contribution < -0.4 is 0 Å². The zero-order valence-corrected chi connectivity index (χ0v) is 17.4. The van der Waals surface area contributed by atoms with Gasteiger partial charge in [-0.3, -0.25) is 9.69 Å². The number of ether oxygens (including phenoxy) is 1. The molecular weight excluding hydrogens is 360 g/mol. The summed E-state index contributed by atoms with van der Waals surface area (Å²) >= 11 is 0. The maximum absolute atomic E-state index is 12.7. The van der Waals surface area contributed by atoms with Crippen LogP contribution in [0.2, 0.25) is 0 Å². The summed E-state index contributed by atoms with van der Waals surface area (Å²) in [7, 11) is 0. The summed E-state index contributed by atoms with van der Waals surface area (Å²) in [5, 5.41) is 0. The summed E-state index contributed by atoms with van der Waals surface area (Å²) in [4.78, 5) is 17.2. The quantitative estimate of drug-likeness (QED) is 0.761. The predicted octanol–water partition coefficient (Wildman–Crippen LogP) is 4.28. The van der Waals surface area contributed by atoms with Crippen molar-refractivity contribution in [3.8, 4) is 0 Å². The normalized spacial score (nSPS) is 19.4. The molecule has 2 aliphatic rings. The Bertz CT molecular complexity index is 774. The van der Waals surface area contributed by atoms with Gasteiger partial charge in [-0.2, -0.15) is 0 Å². The predicted molar refractivity (Wildman–Crippen MR) is 116 cm³/mol. The van der Waals surface area contributed by atoms with Gasteiger partial charge in [0.05, 0.1) is 12.2 Å². The van der Waals surface area contributed by atoms with Crippen molar-refractivity contribution in [1.29, 1.82) is 0 Å². The average Bonchev–Trinajstić information content (AvgIpc) is 2.76. The van der Waals surface area contributed by atoms with Gasteiger partial charge in [-0.1, -0.05) is 48.0 Å². The molecule has 2 saturated heterocycles. The van der Waals surface area contributed by atoms with E-state index in [0.717, 1.165) is 64.0 Å². The van der Waals surface area contributed by atoms with E-state index in [0.29, 0.717) is 12.2 Å². The van der Waals surface area contributed by atoms with Gasteiger partial charge in [0.15, 0.2) is 0 Å². The summed E-state index contributed by atoms with van der Waals surface area (Å²) in [5.74, 6) is 0.151. The van der Waals surface area contributed by atoms with E-state index in [-0.39, 0.29) is 5.91 Å². The highest BCUT2D eigenvalue weighted by Crippen LogP contribution is 2.23. The Labute approximate surface area is 174 Å². The third-order valence-electron chi connectivity index (χ3n) is 6.20. The van der Waals surface area contributed by atoms with Crippen LogP contribution in [0.15, 0.2) is 54.6 Å². The van der Waals surface area contributed by atoms with Gasteiger partial charge in [0.25, 0.3) is 5.91 Å². The molecule has 0 N–H and O–H groups in total. The van der Waals surface area contributed by atoms with E-state index in [1.807, 2.05) is 36.1 Å². The number of hydrogen-bond acceptors (Lipinski definition) is 3. The third-order valence-corrected chi connectivity index (χ3v) is 6.20. The number of aryl methyl sites for hydroxylation is 1. The van der Waals surface area contributed by atoms with Gasteiger partial charge < -0.3 is 9.64 Å². The molecule has 0 atom stereocenters. The van der Waals surface area contributed by atoms with Gasteiger partial charge in [0.2, 0.25) is 0 Å². The summed E-state index contributed by atoms with van der Waals surface area (Å²) in [6.07, 6.45) is 4.77. The summed E-state index contributed by atoms with van der Waals surface area (Å²) in [6.45, 7) is 6.87. The number of piperidine rings is 2. The minimum Gasteiger partial charge on any atom is -0.375 e. The lowest BCUT2D eigenvalue weighted by atomic mass is 10.0. The van der Waals surface area contributed by atoms with Crippen molar-refractivity contribution in [3.63, 3.8) is 0 Å². The summed E-state index contributed by atoms with van der Waals surface area (Å²) < 4.78 is 6.42. The first-order valence-electron chi connectivity index (χ1n) is 10.9. The summed E-state index contributed by atoms with van der Waals surface area (Å²) in [5.41, 5.74) is 3.36. The van der Waals surface area contributed by atoms with E-state index in [1.165, 1.54) is 11.1 Å². The molecule has 2 fully saturated rings. The highest BCUT2D eigenvalue weighted by Gasteiger charge is 2.27. The zero-order valence-electron chi connectivity index (χ0n) is 17.4. The number of carbonyl (C=O) groups is 1. The van der Waals surface area contributed by atoms with Crippen molar-refractivity contribution in [2.24, 2.45) is 0 Å². The number of carbonyl (C=O) groups excluding carboxylic acids is 1. The molecule has 0 aliphatic carbocycles. The fourth-order valence-electron chi connectivity index (χ4n) is 4.39. The van der Waals surface area contributed by atoms with Crippen molar-refractivity contribution in [2.45, 2.75) is 51.4 Å². The lowest BCUT2D eigenvalue weighted by molar-refractivity contribution is -0.0629. The Kier molecular flexibility index (Phi) is 6.63. The molecule has 4 heteroatoms. The van der Waals surface area contributed by atoms with Gasteiger partial charge in [0, 0.05) is 38.3 Å². The number of likely N-dealkylation sites (tertiary alicyclic amines) is 2. The Morgan fingerprint density at radius 1 is 0.862 bits per heavy atom. The van der Waals surface area contributed by atoms with Crippen molar-refractivity contribution in [1.82, 2.24) is 9.80 Å². The van der Waals surface area contributed by atoms with Crippen LogP contribution in [-0.4, -0.2) is 54.1 Å². The lowest BCUT2D eigenvalue weighted by Gasteiger charge is -2.37. The standard InChI is InChI=1S/C25H32N2O2/c1-20-7-9-22(10-8-20)25(28)27-17-13-24(14-18-27)29-23-11-15-26(16-12-23)19-21-5-3-2-4-6-21/h2-10,23-24H,11-19H2,1H3. The smallest absolute Gasteiger partial charge is 0.253 e. The van der Waals surface area contributed by atoms with Gasteiger partial charge in [-0.15, -0.1) is 0 Å². The molecule has 29 heavy (non-hydrogen) atoms. The molecule has 0 bridgehead atoms. The maximum Gasteiger partial charge on any atom is 0.253 e. The van der Waals surface area contributed by atoms with Crippen LogP contribution >= 0.6 is 0 Å². The second-order valence-electron chi connectivity index (χ2n) is 8.45. The van der Waals surface area contributed by atoms with Crippen molar-refractivity contribution < 1.29 is 9.53 Å². The molecule has 4 nitrogen and oxygen atoms in total. The average molecular weight is 393 g/mol. The van der Waals surface area contributed by atoms with E-state index < -0.39 is 0 Å². The maximum atomic E-state index is 12.7. The molecule has 0 saturated carbocycles. The second kappa shape index (κ2) is 9.55. The van der Waals surface area contributed by atoms with E-state index >= 15 is 0 Å². The van der Waals surface area contributed by atoms with Crippen LogP contribution in [0, 0.1) is 6.92 Å². The van der Waals surface area contributed by atoms with Crippen LogP contribution in [0.4, 0.5) is 0 Å². The first-order chi connectivity index (χ1) is 14.2. The summed E-state index contributed by atoms with van der Waals surface area (Å²) in [6, 6.07) is 18.6. The molecule has 4 rings (SSSR count). The Morgan fingerprint density at radius 3 is 2.07 bits per heavy atom. The topological polar surface area (TPSA) is 32.8 Å². The SMILES string of the molecule is Cc1ccc(C(=O)N2CCC(OC3CCN(Cc4ccccc4)CC3)CC2)cc1. The number of hydrogen-bond donors (Lipinski definition) is 0. The first-order valence-corrected chi connectivity index (χ1v) is 10.9. The third kappa shape index (κ3) is 5.46. The minimum atomic E-state index is 0.151. The molecule has 2 aliphatic heterocycles. The van der Waals surface area contributed by atoms with Crippen molar-refractivity contribution in [3.05, 3.63) is 71.3 Å². The molecule has 0 spiro atoms. The molecule has 0 unspecified atom stereocenters. The number of rotatable bonds is 5. The van der Waals surface area contributed by atoms with Crippen LogP contribution in [0.25, 0.3) is 0 Å². The Balaban J connectivity index is 1.18. The minimum absolute atomic E-state index is 0.151. The Hall–Kier alpha value is -2.17. The molecule has 2 heterocycles. The van der Waals surface area contributed by atoms with E-state index in [2.05, 4.69) is 35.2 Å². The van der Waals surface area contributed by atoms with E-state index in [1.54, 1.807) is 0 Å². The molecule has 0 radical (unpaired) electrons. The molecule has 0 aromatic heterocycles. The van der Waals surface area contributed by atoms with Crippen LogP contribution in [0.3, 0.4) is 0 Å². The van der Waals surface area contributed by atoms with Gasteiger partial charge in [0.1, 0.15) is 0 Å². The molecule has 154 valence electrons. The van der Waals surface area contributed by atoms with Crippen molar-refractivity contribution >= 4 is 5.91 Å². The highest BCUT2D eigenvalue weighted by atomic mass is 16.5. The van der Waals surface area contributed by atoms with E-state index in [9.17, 15) is 4.79 Å². The second-order valence-corrected chi connectivity index (χ2v) is 8.45. The molecule has 2 aromatic rings. The lowest BCUT2D eigenvalue weighted by Crippen LogP contribution is -2.43. The van der Waals surface area contributed by atoms with Crippen LogP contribution in [-0.2, 0) is 11.3 Å². The fourth-order valence-corrected chi connectivity index (χ4v) is 4.39. The van der Waals surface area contributed by atoms with Crippen LogP contribution in [0.5, 0.6) is 0 Å². The first kappa shape index (κ1) is 20.1. The largest absolute Gasteiger partial charge is 0.375 e. The monoisotopic (exact) mass is 392 g/mol. The zero-order chi connectivity index (χ0) is 20.1. The number of nitrogens with zero attached hydrogens (tertiary/aromatic N) is 2. The van der Waals surface area contributed by atoms with Gasteiger partial charge >= 0.3 is 0 Å². The van der Waals surface area contributed by atoms with Gasteiger partial charge in [-0.25, -0.2) is 0 Å². The Morgan fingerprint density at radius 2 is 1.45 bits per heavy atom.